The Labute approximate surface area is 93.9 Å². The predicted octanol–water partition coefficient (Wildman–Crippen LogP) is 0.935. The Hall–Kier alpha value is -0.120. The summed E-state index contributed by atoms with van der Waals surface area (Å²) in [5.74, 6) is 1.60. The number of hydrogen-bond donors (Lipinski definition) is 2. The molecule has 1 saturated heterocycles. The summed E-state index contributed by atoms with van der Waals surface area (Å²) < 4.78 is 0. The van der Waals surface area contributed by atoms with E-state index in [2.05, 4.69) is 31.0 Å². The third-order valence-electron chi connectivity index (χ3n) is 3.14. The summed E-state index contributed by atoms with van der Waals surface area (Å²) in [6.07, 6.45) is 1.35. The number of likely N-dealkylation sites (N-methyl/N-ethyl adjacent to an activating group) is 1. The fourth-order valence-corrected chi connectivity index (χ4v) is 2.73. The molecular weight excluding hydrogens is 188 g/mol. The van der Waals surface area contributed by atoms with Crippen LogP contribution < -0.4 is 5.32 Å². The van der Waals surface area contributed by atoms with Crippen molar-refractivity contribution in [2.24, 2.45) is 11.8 Å². The highest BCUT2D eigenvalue weighted by atomic mass is 16.3. The minimum atomic E-state index is 0.243. The Kier molecular flexibility index (Phi) is 5.58. The highest BCUT2D eigenvalue weighted by Gasteiger charge is 2.23. The maximum atomic E-state index is 9.23. The maximum absolute atomic E-state index is 9.23. The molecule has 0 aromatic rings. The standard InChI is InChI=1S/C12H26N2O/c1-4-13-12(9-15)8-14-6-10(2)5-11(3)7-14/h10-13,15H,4-9H2,1-3H3. The molecule has 3 heteroatoms. The van der Waals surface area contributed by atoms with Crippen molar-refractivity contribution in [2.45, 2.75) is 33.2 Å². The Bertz CT molecular complexity index is 165. The van der Waals surface area contributed by atoms with Gasteiger partial charge in [-0.15, -0.1) is 0 Å². The lowest BCUT2D eigenvalue weighted by Gasteiger charge is -2.36. The fourth-order valence-electron chi connectivity index (χ4n) is 2.73. The second kappa shape index (κ2) is 6.46. The molecule has 90 valence electrons. The van der Waals surface area contributed by atoms with Crippen LogP contribution in [0.1, 0.15) is 27.2 Å². The van der Waals surface area contributed by atoms with Crippen molar-refractivity contribution in [1.82, 2.24) is 10.2 Å². The Balaban J connectivity index is 2.35. The van der Waals surface area contributed by atoms with Crippen LogP contribution in [0.5, 0.6) is 0 Å². The van der Waals surface area contributed by atoms with Crippen LogP contribution >= 0.6 is 0 Å². The monoisotopic (exact) mass is 214 g/mol. The lowest BCUT2D eigenvalue weighted by molar-refractivity contribution is 0.112. The highest BCUT2D eigenvalue weighted by molar-refractivity contribution is 4.78. The van der Waals surface area contributed by atoms with Gasteiger partial charge < -0.3 is 15.3 Å². The van der Waals surface area contributed by atoms with Gasteiger partial charge in [-0.2, -0.15) is 0 Å². The van der Waals surface area contributed by atoms with Crippen molar-refractivity contribution < 1.29 is 5.11 Å². The first-order valence-corrected chi connectivity index (χ1v) is 6.22. The smallest absolute Gasteiger partial charge is 0.0597 e. The van der Waals surface area contributed by atoms with Gasteiger partial charge in [0, 0.05) is 25.7 Å². The van der Waals surface area contributed by atoms with Crippen LogP contribution in [0, 0.1) is 11.8 Å². The molecule has 1 aliphatic heterocycles. The van der Waals surface area contributed by atoms with Gasteiger partial charge in [-0.05, 0) is 24.8 Å². The third-order valence-corrected chi connectivity index (χ3v) is 3.14. The Morgan fingerprint density at radius 2 is 1.93 bits per heavy atom. The van der Waals surface area contributed by atoms with E-state index in [1.54, 1.807) is 0 Å². The normalized spacial score (nSPS) is 30.4. The largest absolute Gasteiger partial charge is 0.395 e. The molecule has 0 aliphatic carbocycles. The Morgan fingerprint density at radius 1 is 1.33 bits per heavy atom. The van der Waals surface area contributed by atoms with E-state index in [1.807, 2.05) is 0 Å². The Morgan fingerprint density at radius 3 is 2.40 bits per heavy atom. The van der Waals surface area contributed by atoms with E-state index >= 15 is 0 Å². The molecule has 1 rings (SSSR count). The number of likely N-dealkylation sites (tertiary alicyclic amines) is 1. The topological polar surface area (TPSA) is 35.5 Å². The number of nitrogens with one attached hydrogen (secondary N) is 1. The van der Waals surface area contributed by atoms with Gasteiger partial charge in [0.2, 0.25) is 0 Å². The lowest BCUT2D eigenvalue weighted by Crippen LogP contribution is -2.48. The zero-order valence-corrected chi connectivity index (χ0v) is 10.4. The van der Waals surface area contributed by atoms with Crippen molar-refractivity contribution in [1.29, 1.82) is 0 Å². The van der Waals surface area contributed by atoms with E-state index in [-0.39, 0.29) is 12.6 Å². The highest BCUT2D eigenvalue weighted by Crippen LogP contribution is 2.20. The van der Waals surface area contributed by atoms with E-state index in [4.69, 9.17) is 0 Å². The van der Waals surface area contributed by atoms with Crippen molar-refractivity contribution in [2.75, 3.05) is 32.8 Å². The summed E-state index contributed by atoms with van der Waals surface area (Å²) in [4.78, 5) is 2.49. The molecule has 0 aromatic heterocycles. The van der Waals surface area contributed by atoms with Gasteiger partial charge in [0.1, 0.15) is 0 Å². The van der Waals surface area contributed by atoms with Crippen LogP contribution in [-0.2, 0) is 0 Å². The summed E-state index contributed by atoms with van der Waals surface area (Å²) >= 11 is 0. The summed E-state index contributed by atoms with van der Waals surface area (Å²) in [6, 6.07) is 0.243. The molecule has 3 nitrogen and oxygen atoms in total. The second-order valence-corrected chi connectivity index (χ2v) is 5.10. The van der Waals surface area contributed by atoms with Crippen LogP contribution in [-0.4, -0.2) is 48.8 Å². The number of hydrogen-bond acceptors (Lipinski definition) is 3. The summed E-state index contributed by atoms with van der Waals surface area (Å²) in [7, 11) is 0. The van der Waals surface area contributed by atoms with E-state index in [0.717, 1.165) is 24.9 Å². The number of nitrogens with zero attached hydrogens (tertiary/aromatic N) is 1. The molecule has 1 aliphatic rings. The molecule has 0 amide bonds. The van der Waals surface area contributed by atoms with Gasteiger partial charge in [-0.1, -0.05) is 20.8 Å². The van der Waals surface area contributed by atoms with E-state index in [0.29, 0.717) is 0 Å². The van der Waals surface area contributed by atoms with Crippen LogP contribution in [0.25, 0.3) is 0 Å². The van der Waals surface area contributed by atoms with Gasteiger partial charge in [0.25, 0.3) is 0 Å². The molecule has 0 saturated carbocycles. The van der Waals surface area contributed by atoms with E-state index in [1.165, 1.54) is 19.5 Å². The molecule has 1 fully saturated rings. The quantitative estimate of drug-likeness (QED) is 0.715. The summed E-state index contributed by atoms with van der Waals surface area (Å²) in [5.41, 5.74) is 0. The number of aliphatic hydroxyl groups excluding tert-OH is 1. The van der Waals surface area contributed by atoms with Gasteiger partial charge in [-0.25, -0.2) is 0 Å². The SMILES string of the molecule is CCNC(CO)CN1CC(C)CC(C)C1. The molecular formula is C12H26N2O. The molecule has 2 N–H and O–H groups in total. The average molecular weight is 214 g/mol. The molecule has 0 spiro atoms. The van der Waals surface area contributed by atoms with Crippen molar-refractivity contribution in [3.63, 3.8) is 0 Å². The van der Waals surface area contributed by atoms with Crippen LogP contribution in [0.4, 0.5) is 0 Å². The van der Waals surface area contributed by atoms with E-state index < -0.39 is 0 Å². The summed E-state index contributed by atoms with van der Waals surface area (Å²) in [6.45, 7) is 11.3. The van der Waals surface area contributed by atoms with Crippen LogP contribution in [0.2, 0.25) is 0 Å². The fraction of sp³-hybridized carbons (Fsp3) is 1.00. The summed E-state index contributed by atoms with van der Waals surface area (Å²) in [5, 5.41) is 12.5. The third kappa shape index (κ3) is 4.49. The van der Waals surface area contributed by atoms with Crippen LogP contribution in [0.3, 0.4) is 0 Å². The van der Waals surface area contributed by atoms with Gasteiger partial charge in [0.15, 0.2) is 0 Å². The molecule has 1 heterocycles. The van der Waals surface area contributed by atoms with Gasteiger partial charge >= 0.3 is 0 Å². The van der Waals surface area contributed by atoms with Gasteiger partial charge in [0.05, 0.1) is 6.61 Å². The molecule has 0 radical (unpaired) electrons. The first-order chi connectivity index (χ1) is 7.15. The van der Waals surface area contributed by atoms with E-state index in [9.17, 15) is 5.11 Å². The minimum absolute atomic E-state index is 0.243. The average Bonchev–Trinajstić information content (AvgIpc) is 2.15. The number of aliphatic hydroxyl groups is 1. The lowest BCUT2D eigenvalue weighted by atomic mass is 9.91. The van der Waals surface area contributed by atoms with Crippen molar-refractivity contribution in [3.05, 3.63) is 0 Å². The molecule has 0 aromatic carbocycles. The predicted molar refractivity (Wildman–Crippen MR) is 63.9 cm³/mol. The van der Waals surface area contributed by atoms with Gasteiger partial charge in [-0.3, -0.25) is 0 Å². The number of piperidine rings is 1. The molecule has 15 heavy (non-hydrogen) atoms. The zero-order chi connectivity index (χ0) is 11.3. The zero-order valence-electron chi connectivity index (χ0n) is 10.4. The van der Waals surface area contributed by atoms with Crippen molar-refractivity contribution >= 4 is 0 Å². The first-order valence-electron chi connectivity index (χ1n) is 6.22. The van der Waals surface area contributed by atoms with Crippen LogP contribution in [0.15, 0.2) is 0 Å². The molecule has 3 atom stereocenters. The first kappa shape index (κ1) is 12.9. The second-order valence-electron chi connectivity index (χ2n) is 5.10. The molecule has 0 bridgehead atoms. The maximum Gasteiger partial charge on any atom is 0.0597 e. The minimum Gasteiger partial charge on any atom is -0.395 e. The number of rotatable bonds is 5. The molecule has 3 unspecified atom stereocenters. The van der Waals surface area contributed by atoms with Crippen molar-refractivity contribution in [3.8, 4) is 0 Å².